The monoisotopic (exact) mass is 428 g/mol. The molecule has 8 nitrogen and oxygen atoms in total. The Morgan fingerprint density at radius 1 is 1.19 bits per heavy atom. The number of aromatic nitrogens is 3. The highest BCUT2D eigenvalue weighted by Crippen LogP contribution is 2.25. The summed E-state index contributed by atoms with van der Waals surface area (Å²) in [5.74, 6) is 1.81. The summed E-state index contributed by atoms with van der Waals surface area (Å²) in [6.45, 7) is 9.76. The molecule has 32 heavy (non-hydrogen) atoms. The van der Waals surface area contributed by atoms with Crippen LogP contribution in [0.25, 0.3) is 10.9 Å². The number of nitrogens with zero attached hydrogens (tertiary/aromatic N) is 7. The van der Waals surface area contributed by atoms with Gasteiger partial charge in [0.1, 0.15) is 5.82 Å². The Balaban J connectivity index is 1.64. The van der Waals surface area contributed by atoms with E-state index in [0.29, 0.717) is 11.1 Å². The SMILES string of the molecule is Cc1c(C#N)cccc1C(C)N=c1nc2n(c3cnc(N4CCN(C)CC4)cc13)CCN2. The normalized spacial score (nSPS) is 17.8. The van der Waals surface area contributed by atoms with Gasteiger partial charge in [0.15, 0.2) is 5.49 Å². The highest BCUT2D eigenvalue weighted by molar-refractivity contribution is 5.81. The zero-order chi connectivity index (χ0) is 22.2. The third-order valence-corrected chi connectivity index (χ3v) is 6.58. The molecule has 0 saturated carbocycles. The summed E-state index contributed by atoms with van der Waals surface area (Å²) in [6.07, 6.45) is 1.96. The minimum Gasteiger partial charge on any atom is -0.354 e. The molecule has 3 aromatic rings. The Labute approximate surface area is 187 Å². The predicted molar refractivity (Wildman–Crippen MR) is 126 cm³/mol. The third kappa shape index (κ3) is 3.59. The number of nitrogens with one attached hydrogen (secondary N) is 1. The number of nitriles is 1. The van der Waals surface area contributed by atoms with Crippen molar-refractivity contribution >= 4 is 22.7 Å². The third-order valence-electron chi connectivity index (χ3n) is 6.58. The van der Waals surface area contributed by atoms with Crippen LogP contribution in [-0.4, -0.2) is 59.2 Å². The summed E-state index contributed by atoms with van der Waals surface area (Å²) in [7, 11) is 2.16. The lowest BCUT2D eigenvalue weighted by Crippen LogP contribution is -2.44. The van der Waals surface area contributed by atoms with Crippen molar-refractivity contribution in [2.45, 2.75) is 26.4 Å². The van der Waals surface area contributed by atoms with Crippen molar-refractivity contribution in [3.05, 3.63) is 52.6 Å². The van der Waals surface area contributed by atoms with E-state index in [9.17, 15) is 5.26 Å². The van der Waals surface area contributed by atoms with E-state index in [-0.39, 0.29) is 6.04 Å². The maximum atomic E-state index is 9.41. The number of likely N-dealkylation sites (N-methyl/N-ethyl adjacent to an activating group) is 1. The van der Waals surface area contributed by atoms with E-state index in [1.807, 2.05) is 31.3 Å². The van der Waals surface area contributed by atoms with Gasteiger partial charge in [-0.3, -0.25) is 4.99 Å². The highest BCUT2D eigenvalue weighted by Gasteiger charge is 2.20. The van der Waals surface area contributed by atoms with E-state index in [1.54, 1.807) is 0 Å². The van der Waals surface area contributed by atoms with E-state index < -0.39 is 0 Å². The van der Waals surface area contributed by atoms with Crippen LogP contribution in [0.4, 0.5) is 11.8 Å². The van der Waals surface area contributed by atoms with Crippen LogP contribution in [0.3, 0.4) is 0 Å². The molecule has 1 unspecified atom stereocenters. The molecule has 0 bridgehead atoms. The maximum absolute atomic E-state index is 9.41. The molecule has 1 saturated heterocycles. The fraction of sp³-hybridized carbons (Fsp3) is 0.417. The van der Waals surface area contributed by atoms with Crippen LogP contribution in [0, 0.1) is 18.3 Å². The smallest absolute Gasteiger partial charge is 0.205 e. The Hall–Kier alpha value is -3.44. The van der Waals surface area contributed by atoms with Crippen molar-refractivity contribution < 1.29 is 0 Å². The molecule has 1 fully saturated rings. The molecule has 1 N–H and O–H groups in total. The standard InChI is InChI=1S/C24H28N8/c1-16-18(14-25)5-4-6-19(16)17(2)28-23-20-13-22(31-11-9-30(3)10-12-31)27-15-21(20)32-8-7-26-24(32)29-23/h4-6,13,15,17H,7-12H2,1-3H3,(H,26,28,29). The molecule has 0 spiro atoms. The van der Waals surface area contributed by atoms with E-state index in [0.717, 1.165) is 73.1 Å². The average Bonchev–Trinajstić information content (AvgIpc) is 3.28. The molecule has 5 rings (SSSR count). The summed E-state index contributed by atoms with van der Waals surface area (Å²) in [5, 5.41) is 13.8. The zero-order valence-corrected chi connectivity index (χ0v) is 18.8. The fourth-order valence-corrected chi connectivity index (χ4v) is 4.59. The van der Waals surface area contributed by atoms with Gasteiger partial charge in [0.05, 0.1) is 29.4 Å². The first kappa shape index (κ1) is 20.5. The minimum atomic E-state index is -0.122. The summed E-state index contributed by atoms with van der Waals surface area (Å²) in [4.78, 5) is 19.4. The van der Waals surface area contributed by atoms with Gasteiger partial charge in [0.25, 0.3) is 0 Å². The summed E-state index contributed by atoms with van der Waals surface area (Å²) in [6, 6.07) is 10.1. The Morgan fingerprint density at radius 3 is 2.78 bits per heavy atom. The summed E-state index contributed by atoms with van der Waals surface area (Å²) >= 11 is 0. The molecule has 0 amide bonds. The molecule has 4 heterocycles. The number of benzene rings is 1. The Morgan fingerprint density at radius 2 is 2.00 bits per heavy atom. The summed E-state index contributed by atoms with van der Waals surface area (Å²) in [5.41, 5.74) is 4.48. The number of piperazine rings is 1. The van der Waals surface area contributed by atoms with Gasteiger partial charge in [-0.1, -0.05) is 12.1 Å². The lowest BCUT2D eigenvalue weighted by Gasteiger charge is -2.33. The van der Waals surface area contributed by atoms with Gasteiger partial charge in [0.2, 0.25) is 5.95 Å². The number of rotatable bonds is 3. The van der Waals surface area contributed by atoms with Crippen LogP contribution >= 0.6 is 0 Å². The first-order valence-electron chi connectivity index (χ1n) is 11.2. The van der Waals surface area contributed by atoms with Crippen LogP contribution in [0.2, 0.25) is 0 Å². The van der Waals surface area contributed by atoms with Gasteiger partial charge in [-0.25, -0.2) is 4.98 Å². The van der Waals surface area contributed by atoms with Crippen LogP contribution < -0.4 is 15.7 Å². The maximum Gasteiger partial charge on any atom is 0.205 e. The lowest BCUT2D eigenvalue weighted by atomic mass is 9.98. The van der Waals surface area contributed by atoms with Crippen molar-refractivity contribution in [1.82, 2.24) is 19.4 Å². The van der Waals surface area contributed by atoms with Gasteiger partial charge in [-0.05, 0) is 44.2 Å². The first-order chi connectivity index (χ1) is 15.5. The van der Waals surface area contributed by atoms with Crippen LogP contribution in [0.5, 0.6) is 0 Å². The number of hydrogen-bond acceptors (Lipinski definition) is 7. The second kappa shape index (κ2) is 8.24. The van der Waals surface area contributed by atoms with E-state index in [2.05, 4.69) is 45.8 Å². The molecular weight excluding hydrogens is 400 g/mol. The van der Waals surface area contributed by atoms with Crippen molar-refractivity contribution in [3.63, 3.8) is 0 Å². The van der Waals surface area contributed by atoms with Gasteiger partial charge >= 0.3 is 0 Å². The molecule has 0 radical (unpaired) electrons. The molecule has 1 atom stereocenters. The number of anilines is 2. The Bertz CT molecular complexity index is 1280. The van der Waals surface area contributed by atoms with Crippen LogP contribution in [0.1, 0.15) is 29.7 Å². The topological polar surface area (TPSA) is 85.4 Å². The van der Waals surface area contributed by atoms with Crippen molar-refractivity contribution in [1.29, 1.82) is 5.26 Å². The minimum absolute atomic E-state index is 0.122. The molecule has 8 heteroatoms. The molecular formula is C24H28N8. The molecule has 2 aliphatic rings. The van der Waals surface area contributed by atoms with Crippen LogP contribution in [0.15, 0.2) is 35.5 Å². The molecule has 164 valence electrons. The molecule has 1 aromatic carbocycles. The van der Waals surface area contributed by atoms with E-state index >= 15 is 0 Å². The molecule has 2 aliphatic heterocycles. The first-order valence-corrected chi connectivity index (χ1v) is 11.2. The lowest BCUT2D eigenvalue weighted by molar-refractivity contribution is 0.312. The van der Waals surface area contributed by atoms with Crippen LogP contribution in [-0.2, 0) is 6.54 Å². The molecule has 2 aromatic heterocycles. The van der Waals surface area contributed by atoms with Crippen molar-refractivity contribution in [2.24, 2.45) is 4.99 Å². The largest absolute Gasteiger partial charge is 0.354 e. The summed E-state index contributed by atoms with van der Waals surface area (Å²) < 4.78 is 2.18. The molecule has 0 aliphatic carbocycles. The zero-order valence-electron chi connectivity index (χ0n) is 18.8. The number of pyridine rings is 1. The fourth-order valence-electron chi connectivity index (χ4n) is 4.59. The van der Waals surface area contributed by atoms with E-state index in [1.165, 1.54) is 0 Å². The second-order valence-electron chi connectivity index (χ2n) is 8.62. The van der Waals surface area contributed by atoms with Crippen molar-refractivity contribution in [3.8, 4) is 6.07 Å². The van der Waals surface area contributed by atoms with Gasteiger partial charge < -0.3 is 19.7 Å². The highest BCUT2D eigenvalue weighted by atomic mass is 15.3. The second-order valence-corrected chi connectivity index (χ2v) is 8.62. The van der Waals surface area contributed by atoms with E-state index in [4.69, 9.17) is 15.0 Å². The average molecular weight is 429 g/mol. The van der Waals surface area contributed by atoms with Gasteiger partial charge in [0, 0.05) is 44.7 Å². The number of fused-ring (bicyclic) bond motifs is 3. The predicted octanol–water partition coefficient (Wildman–Crippen LogP) is 2.45. The number of hydrogen-bond donors (Lipinski definition) is 1. The quantitative estimate of drug-likeness (QED) is 0.690. The van der Waals surface area contributed by atoms with Gasteiger partial charge in [-0.2, -0.15) is 10.2 Å². The van der Waals surface area contributed by atoms with Gasteiger partial charge in [-0.15, -0.1) is 0 Å². The van der Waals surface area contributed by atoms with Crippen molar-refractivity contribution in [2.75, 3.05) is 50.0 Å². The Kier molecular flexibility index (Phi) is 5.27.